The maximum atomic E-state index is 13.5. The van der Waals surface area contributed by atoms with Crippen molar-refractivity contribution in [2.45, 2.75) is 76.7 Å². The molecule has 1 aromatic heterocycles. The van der Waals surface area contributed by atoms with E-state index in [0.717, 1.165) is 57.2 Å². The van der Waals surface area contributed by atoms with E-state index in [0.29, 0.717) is 37.2 Å². The van der Waals surface area contributed by atoms with Crippen molar-refractivity contribution in [2.75, 3.05) is 51.3 Å². The highest BCUT2D eigenvalue weighted by Crippen LogP contribution is 2.33. The third-order valence-electron chi connectivity index (χ3n) is 9.15. The topological polar surface area (TPSA) is 108 Å². The number of aromatic nitrogens is 2. The lowest BCUT2D eigenvalue weighted by Crippen LogP contribution is -2.52. The molecule has 4 heterocycles. The van der Waals surface area contributed by atoms with Gasteiger partial charge in [-0.2, -0.15) is 0 Å². The van der Waals surface area contributed by atoms with Gasteiger partial charge in [-0.25, -0.2) is 22.7 Å². The predicted molar refractivity (Wildman–Crippen MR) is 159 cm³/mol. The minimum Gasteiger partial charge on any atom is -0.368 e. The summed E-state index contributed by atoms with van der Waals surface area (Å²) in [4.78, 5) is 26.6. The summed E-state index contributed by atoms with van der Waals surface area (Å²) in [6.45, 7) is 7.79. The van der Waals surface area contributed by atoms with Crippen LogP contribution in [-0.4, -0.2) is 103 Å². The summed E-state index contributed by atoms with van der Waals surface area (Å²) in [6, 6.07) is 9.03. The number of amides is 1. The summed E-state index contributed by atoms with van der Waals surface area (Å²) >= 11 is 0. The second-order valence-electron chi connectivity index (χ2n) is 11.9. The van der Waals surface area contributed by atoms with E-state index >= 15 is 0 Å². The first-order valence-corrected chi connectivity index (χ1v) is 16.7. The van der Waals surface area contributed by atoms with Gasteiger partial charge in [0.05, 0.1) is 18.5 Å². The van der Waals surface area contributed by atoms with Crippen molar-refractivity contribution in [3.05, 3.63) is 53.0 Å². The first kappa shape index (κ1) is 29.9. The number of likely N-dealkylation sites (tertiary alicyclic amines) is 2. The third-order valence-corrected chi connectivity index (χ3v) is 10.5. The summed E-state index contributed by atoms with van der Waals surface area (Å²) in [5, 5.41) is 3.41. The lowest BCUT2D eigenvalue weighted by molar-refractivity contribution is 0.0521. The third kappa shape index (κ3) is 7.07. The lowest BCUT2D eigenvalue weighted by Gasteiger charge is -2.43. The molecule has 3 aliphatic rings. The van der Waals surface area contributed by atoms with Crippen LogP contribution >= 0.6 is 0 Å². The zero-order valence-electron chi connectivity index (χ0n) is 24.8. The number of carbonyl (C=O) groups is 1. The molecule has 0 spiro atoms. The van der Waals surface area contributed by atoms with Gasteiger partial charge in [-0.05, 0) is 71.0 Å². The van der Waals surface area contributed by atoms with E-state index in [1.165, 1.54) is 28.0 Å². The highest BCUT2D eigenvalue weighted by atomic mass is 32.2. The van der Waals surface area contributed by atoms with Gasteiger partial charge in [0.25, 0.3) is 5.91 Å². The maximum Gasteiger partial charge on any atom is 0.272 e. The van der Waals surface area contributed by atoms with Crippen molar-refractivity contribution >= 4 is 21.7 Å². The molecule has 0 aliphatic carbocycles. The van der Waals surface area contributed by atoms with E-state index in [2.05, 4.69) is 51.4 Å². The van der Waals surface area contributed by atoms with Crippen molar-refractivity contribution < 1.29 is 17.9 Å². The number of anilines is 1. The fourth-order valence-corrected chi connectivity index (χ4v) is 7.16. The zero-order valence-corrected chi connectivity index (χ0v) is 25.6. The van der Waals surface area contributed by atoms with E-state index in [1.807, 2.05) is 11.8 Å². The number of carbonyl (C=O) groups excluding carboxylic acids is 1. The van der Waals surface area contributed by atoms with Crippen molar-refractivity contribution in [2.24, 2.45) is 0 Å². The number of aryl methyl sites for hydroxylation is 1. The quantitative estimate of drug-likeness (QED) is 0.503. The summed E-state index contributed by atoms with van der Waals surface area (Å²) in [7, 11) is -1.49. The Morgan fingerprint density at radius 2 is 1.68 bits per heavy atom. The Morgan fingerprint density at radius 3 is 2.34 bits per heavy atom. The molecule has 2 aromatic rings. The fourth-order valence-electron chi connectivity index (χ4n) is 6.41. The number of hydrogen-bond acceptors (Lipinski definition) is 8. The number of sulfonamides is 1. The largest absolute Gasteiger partial charge is 0.368 e. The van der Waals surface area contributed by atoms with Crippen LogP contribution in [0.3, 0.4) is 0 Å². The minimum atomic E-state index is -3.17. The average Bonchev–Trinajstić information content (AvgIpc) is 3.45. The Bertz CT molecular complexity index is 1300. The van der Waals surface area contributed by atoms with Crippen LogP contribution in [0.2, 0.25) is 0 Å². The molecule has 3 fully saturated rings. The first-order valence-electron chi connectivity index (χ1n) is 14.8. The van der Waals surface area contributed by atoms with E-state index in [1.54, 1.807) is 7.05 Å². The molecular formula is C30H44N6O4S. The monoisotopic (exact) mass is 584 g/mol. The molecule has 3 aliphatic heterocycles. The van der Waals surface area contributed by atoms with Gasteiger partial charge in [0.1, 0.15) is 17.8 Å². The number of nitrogens with one attached hydrogen (secondary N) is 1. The number of ether oxygens (including phenoxy) is 1. The number of benzene rings is 1. The number of piperidine rings is 2. The number of rotatable bonds is 8. The lowest BCUT2D eigenvalue weighted by atomic mass is 9.97. The maximum absolute atomic E-state index is 13.5. The van der Waals surface area contributed by atoms with Crippen LogP contribution in [0.25, 0.3) is 0 Å². The molecule has 0 saturated carbocycles. The van der Waals surface area contributed by atoms with Crippen LogP contribution in [-0.2, 0) is 14.8 Å². The van der Waals surface area contributed by atoms with E-state index in [9.17, 15) is 13.2 Å². The average molecular weight is 585 g/mol. The zero-order chi connectivity index (χ0) is 29.1. The molecule has 2 atom stereocenters. The molecule has 1 N–H and O–H groups in total. The molecule has 1 amide bonds. The molecule has 10 nitrogen and oxygen atoms in total. The van der Waals surface area contributed by atoms with Crippen molar-refractivity contribution in [1.29, 1.82) is 0 Å². The van der Waals surface area contributed by atoms with Gasteiger partial charge in [-0.3, -0.25) is 4.79 Å². The molecular weight excluding hydrogens is 540 g/mol. The van der Waals surface area contributed by atoms with Crippen LogP contribution in [0.5, 0.6) is 0 Å². The Labute approximate surface area is 244 Å². The highest BCUT2D eigenvalue weighted by molar-refractivity contribution is 7.88. The molecule has 3 saturated heterocycles. The van der Waals surface area contributed by atoms with Gasteiger partial charge in [-0.15, -0.1) is 0 Å². The second kappa shape index (κ2) is 12.7. The molecule has 0 bridgehead atoms. The Balaban J connectivity index is 1.10. The van der Waals surface area contributed by atoms with Crippen LogP contribution in [0.15, 0.2) is 30.6 Å². The second-order valence-corrected chi connectivity index (χ2v) is 13.9. The van der Waals surface area contributed by atoms with Gasteiger partial charge < -0.3 is 19.9 Å². The Morgan fingerprint density at radius 1 is 1.00 bits per heavy atom. The molecule has 2 unspecified atom stereocenters. The number of nitrogens with zero attached hydrogens (tertiary/aromatic N) is 5. The normalized spacial score (nSPS) is 23.3. The van der Waals surface area contributed by atoms with Crippen molar-refractivity contribution in [3.8, 4) is 0 Å². The molecule has 5 rings (SSSR count). The summed E-state index contributed by atoms with van der Waals surface area (Å²) in [6.07, 6.45) is 8.43. The summed E-state index contributed by atoms with van der Waals surface area (Å²) in [5.74, 6) is 0.638. The van der Waals surface area contributed by atoms with Gasteiger partial charge in [-0.1, -0.05) is 29.8 Å². The van der Waals surface area contributed by atoms with Crippen LogP contribution < -0.4 is 5.32 Å². The number of hydrogen-bond donors (Lipinski definition) is 1. The summed E-state index contributed by atoms with van der Waals surface area (Å²) in [5.41, 5.74) is 3.69. The van der Waals surface area contributed by atoms with Gasteiger partial charge in [0, 0.05) is 44.3 Å². The summed E-state index contributed by atoms with van der Waals surface area (Å²) < 4.78 is 31.6. The standard InChI is InChI=1S/C30H44N6O4S/c1-21-5-7-23(8-6-21)27-10-9-26(40-27)19-31-29-22(2)28(32-20-33-29)30(37)36-17-13-25(14-18-36)35-15-11-24(12-16-35)34(3)41(4,38)39/h5-8,20,24-27H,9-19H2,1-4H3,(H,31,32,33). The van der Waals surface area contributed by atoms with Crippen molar-refractivity contribution in [3.63, 3.8) is 0 Å². The van der Waals surface area contributed by atoms with Crippen LogP contribution in [0.1, 0.15) is 71.8 Å². The SMILES string of the molecule is Cc1ccc(C2CCC(CNc3ncnc(C(=O)N4CCC(N5CCC(N(C)S(C)(=O)=O)CC5)CC4)c3C)O2)cc1. The van der Waals surface area contributed by atoms with Gasteiger partial charge in [0.2, 0.25) is 10.0 Å². The van der Waals surface area contributed by atoms with Gasteiger partial charge in [0.15, 0.2) is 0 Å². The molecule has 1 aromatic carbocycles. The van der Waals surface area contributed by atoms with Crippen molar-refractivity contribution in [1.82, 2.24) is 24.1 Å². The first-order chi connectivity index (χ1) is 19.6. The molecule has 41 heavy (non-hydrogen) atoms. The highest BCUT2D eigenvalue weighted by Gasteiger charge is 2.33. The molecule has 11 heteroatoms. The minimum absolute atomic E-state index is 0.0450. The molecule has 224 valence electrons. The predicted octanol–water partition coefficient (Wildman–Crippen LogP) is 3.39. The smallest absolute Gasteiger partial charge is 0.272 e. The van der Waals surface area contributed by atoms with E-state index in [4.69, 9.17) is 4.74 Å². The van der Waals surface area contributed by atoms with Gasteiger partial charge >= 0.3 is 0 Å². The van der Waals surface area contributed by atoms with Crippen LogP contribution in [0.4, 0.5) is 5.82 Å². The Hall–Kier alpha value is -2.60. The van der Waals surface area contributed by atoms with E-state index in [-0.39, 0.29) is 24.2 Å². The fraction of sp³-hybridized carbons (Fsp3) is 0.633. The van der Waals surface area contributed by atoms with Crippen LogP contribution in [0, 0.1) is 13.8 Å². The molecule has 0 radical (unpaired) electrons. The van der Waals surface area contributed by atoms with E-state index < -0.39 is 10.0 Å². The Kier molecular flexibility index (Phi) is 9.27.